The van der Waals surface area contributed by atoms with Crippen molar-refractivity contribution in [2.75, 3.05) is 0 Å². The summed E-state index contributed by atoms with van der Waals surface area (Å²) in [5.74, 6) is 0. The fraction of sp³-hybridized carbons (Fsp3) is 0.500. The van der Waals surface area contributed by atoms with Crippen LogP contribution in [0.5, 0.6) is 0 Å². The second-order valence-corrected chi connectivity index (χ2v) is 2.89. The average Bonchev–Trinajstić information content (AvgIpc) is 1.89. The summed E-state index contributed by atoms with van der Waals surface area (Å²) in [4.78, 5) is 0. The Morgan fingerprint density at radius 2 is 2.22 bits per heavy atom. The van der Waals surface area contributed by atoms with Crippen molar-refractivity contribution in [2.24, 2.45) is 0 Å². The van der Waals surface area contributed by atoms with Crippen molar-refractivity contribution in [3.63, 3.8) is 0 Å². The molecule has 0 aromatic carbocycles. The molecule has 0 amide bonds. The summed E-state index contributed by atoms with van der Waals surface area (Å²) in [6.07, 6.45) is 7.41. The summed E-state index contributed by atoms with van der Waals surface area (Å²) in [5.41, 5.74) is 0. The number of allylic oxidation sites excluding steroid dienone is 3. The Kier molecular flexibility index (Phi) is 6.06. The van der Waals surface area contributed by atoms with Crippen LogP contribution < -0.4 is 0 Å². The molecule has 0 N–H and O–H groups in total. The SMILES string of the molecule is C=CCC/C=C(/Br)CC. The Hall–Kier alpha value is -0.0400. The third kappa shape index (κ3) is 5.84. The predicted octanol–water partition coefficient (Wildman–Crippen LogP) is 3.64. The molecule has 0 radical (unpaired) electrons. The molecule has 0 aliphatic rings. The minimum absolute atomic E-state index is 1.08. The lowest BCUT2D eigenvalue weighted by atomic mass is 10.3. The van der Waals surface area contributed by atoms with Gasteiger partial charge >= 0.3 is 0 Å². The van der Waals surface area contributed by atoms with Crippen molar-refractivity contribution in [1.82, 2.24) is 0 Å². The van der Waals surface area contributed by atoms with Crippen LogP contribution in [0.4, 0.5) is 0 Å². The van der Waals surface area contributed by atoms with E-state index in [1.54, 1.807) is 0 Å². The van der Waals surface area contributed by atoms with Crippen LogP contribution >= 0.6 is 15.9 Å². The highest BCUT2D eigenvalue weighted by atomic mass is 79.9. The zero-order valence-corrected chi connectivity index (χ0v) is 7.45. The number of halogens is 1. The Morgan fingerprint density at radius 3 is 2.67 bits per heavy atom. The lowest BCUT2D eigenvalue weighted by Crippen LogP contribution is -1.67. The molecule has 1 heteroatoms. The lowest BCUT2D eigenvalue weighted by Gasteiger charge is -1.89. The molecule has 0 aliphatic heterocycles. The molecule has 0 aliphatic carbocycles. The van der Waals surface area contributed by atoms with Crippen LogP contribution in [-0.2, 0) is 0 Å². The fourth-order valence-electron chi connectivity index (χ4n) is 0.502. The number of hydrogen-bond donors (Lipinski definition) is 0. The maximum absolute atomic E-state index is 3.64. The third-order valence-corrected chi connectivity index (χ3v) is 1.96. The van der Waals surface area contributed by atoms with E-state index < -0.39 is 0 Å². The van der Waals surface area contributed by atoms with Crippen LogP contribution in [0.1, 0.15) is 26.2 Å². The quantitative estimate of drug-likeness (QED) is 0.467. The first-order valence-electron chi connectivity index (χ1n) is 3.26. The van der Waals surface area contributed by atoms with E-state index in [1.807, 2.05) is 6.08 Å². The normalized spacial score (nSPS) is 11.6. The monoisotopic (exact) mass is 188 g/mol. The van der Waals surface area contributed by atoms with Crippen molar-refractivity contribution in [3.8, 4) is 0 Å². The first kappa shape index (κ1) is 8.96. The molecule has 0 aromatic rings. The van der Waals surface area contributed by atoms with E-state index in [2.05, 4.69) is 35.5 Å². The van der Waals surface area contributed by atoms with Gasteiger partial charge in [0.15, 0.2) is 0 Å². The van der Waals surface area contributed by atoms with Gasteiger partial charge in [0, 0.05) is 0 Å². The van der Waals surface area contributed by atoms with Crippen LogP contribution in [-0.4, -0.2) is 0 Å². The van der Waals surface area contributed by atoms with Crippen molar-refractivity contribution >= 4 is 15.9 Å². The van der Waals surface area contributed by atoms with E-state index in [9.17, 15) is 0 Å². The van der Waals surface area contributed by atoms with Gasteiger partial charge in [-0.2, -0.15) is 0 Å². The van der Waals surface area contributed by atoms with E-state index in [-0.39, 0.29) is 0 Å². The van der Waals surface area contributed by atoms with Crippen molar-refractivity contribution in [3.05, 3.63) is 23.2 Å². The highest BCUT2D eigenvalue weighted by Gasteiger charge is 1.82. The average molecular weight is 189 g/mol. The van der Waals surface area contributed by atoms with Crippen LogP contribution in [0, 0.1) is 0 Å². The molecule has 9 heavy (non-hydrogen) atoms. The Bertz CT molecular complexity index is 103. The summed E-state index contributed by atoms with van der Waals surface area (Å²) in [6, 6.07) is 0. The molecule has 0 atom stereocenters. The van der Waals surface area contributed by atoms with E-state index in [0.717, 1.165) is 19.3 Å². The van der Waals surface area contributed by atoms with Crippen LogP contribution in [0.15, 0.2) is 23.2 Å². The zero-order chi connectivity index (χ0) is 7.11. The third-order valence-electron chi connectivity index (χ3n) is 1.07. The summed E-state index contributed by atoms with van der Waals surface area (Å²) in [6.45, 7) is 5.77. The predicted molar refractivity (Wildman–Crippen MR) is 46.7 cm³/mol. The molecule has 52 valence electrons. The highest BCUT2D eigenvalue weighted by Crippen LogP contribution is 2.10. The van der Waals surface area contributed by atoms with Crippen LogP contribution in [0.25, 0.3) is 0 Å². The molecule has 0 nitrogen and oxygen atoms in total. The molecule has 0 aromatic heterocycles. The Balaban J connectivity index is 3.31. The summed E-state index contributed by atoms with van der Waals surface area (Å²) < 4.78 is 1.30. The lowest BCUT2D eigenvalue weighted by molar-refractivity contribution is 1.04. The van der Waals surface area contributed by atoms with Gasteiger partial charge in [-0.1, -0.05) is 35.0 Å². The van der Waals surface area contributed by atoms with Crippen molar-refractivity contribution in [1.29, 1.82) is 0 Å². The minimum Gasteiger partial charge on any atom is -0.103 e. The number of hydrogen-bond acceptors (Lipinski definition) is 0. The maximum atomic E-state index is 3.64. The van der Waals surface area contributed by atoms with Gasteiger partial charge in [-0.05, 0) is 23.7 Å². The van der Waals surface area contributed by atoms with Crippen LogP contribution in [0.3, 0.4) is 0 Å². The second-order valence-electron chi connectivity index (χ2n) is 1.87. The minimum atomic E-state index is 1.08. The van der Waals surface area contributed by atoms with E-state index in [0.29, 0.717) is 0 Å². The molecule has 0 unspecified atom stereocenters. The van der Waals surface area contributed by atoms with Crippen molar-refractivity contribution < 1.29 is 0 Å². The standard InChI is InChI=1S/C8H13Br/c1-3-5-6-7-8(9)4-2/h3,7H,1,4-6H2,2H3/b8-7+. The Labute approximate surface area is 65.8 Å². The smallest absolute Gasteiger partial charge is 0.00918 e. The molecule has 0 bridgehead atoms. The molecule has 0 heterocycles. The van der Waals surface area contributed by atoms with Gasteiger partial charge in [0.1, 0.15) is 0 Å². The molecule has 0 saturated carbocycles. The maximum Gasteiger partial charge on any atom is -0.00918 e. The highest BCUT2D eigenvalue weighted by molar-refractivity contribution is 9.11. The number of rotatable bonds is 4. The van der Waals surface area contributed by atoms with Gasteiger partial charge in [-0.3, -0.25) is 0 Å². The molecular formula is C8H13Br. The van der Waals surface area contributed by atoms with Gasteiger partial charge < -0.3 is 0 Å². The zero-order valence-electron chi connectivity index (χ0n) is 5.86. The van der Waals surface area contributed by atoms with Gasteiger partial charge in [0.05, 0.1) is 0 Å². The van der Waals surface area contributed by atoms with Gasteiger partial charge in [-0.25, -0.2) is 0 Å². The van der Waals surface area contributed by atoms with Gasteiger partial charge in [-0.15, -0.1) is 6.58 Å². The molecule has 0 fully saturated rings. The van der Waals surface area contributed by atoms with Gasteiger partial charge in [0.25, 0.3) is 0 Å². The first-order chi connectivity index (χ1) is 4.31. The van der Waals surface area contributed by atoms with E-state index in [4.69, 9.17) is 0 Å². The second kappa shape index (κ2) is 6.09. The number of unbranched alkanes of at least 4 members (excludes halogenated alkanes) is 1. The fourth-order valence-corrected chi connectivity index (χ4v) is 0.731. The molecule has 0 saturated heterocycles. The van der Waals surface area contributed by atoms with Crippen LogP contribution in [0.2, 0.25) is 0 Å². The van der Waals surface area contributed by atoms with E-state index in [1.165, 1.54) is 4.48 Å². The van der Waals surface area contributed by atoms with Crippen molar-refractivity contribution in [2.45, 2.75) is 26.2 Å². The largest absolute Gasteiger partial charge is 0.103 e. The molecule has 0 spiro atoms. The Morgan fingerprint density at radius 1 is 1.56 bits per heavy atom. The summed E-state index contributed by atoms with van der Waals surface area (Å²) in [7, 11) is 0. The first-order valence-corrected chi connectivity index (χ1v) is 4.06. The summed E-state index contributed by atoms with van der Waals surface area (Å²) in [5, 5.41) is 0. The summed E-state index contributed by atoms with van der Waals surface area (Å²) >= 11 is 3.43. The molecular weight excluding hydrogens is 176 g/mol. The van der Waals surface area contributed by atoms with Gasteiger partial charge in [0.2, 0.25) is 0 Å². The molecule has 0 rings (SSSR count). The van der Waals surface area contributed by atoms with E-state index >= 15 is 0 Å². The topological polar surface area (TPSA) is 0 Å².